The van der Waals surface area contributed by atoms with E-state index in [9.17, 15) is 18.3 Å². The summed E-state index contributed by atoms with van der Waals surface area (Å²) in [6.07, 6.45) is -4.92. The van der Waals surface area contributed by atoms with Gasteiger partial charge in [0.2, 0.25) is 0 Å². The average molecular weight is 427 g/mol. The molecule has 2 aromatic carbocycles. The first-order chi connectivity index (χ1) is 9.77. The molecule has 2 aromatic rings. The Labute approximate surface area is 138 Å². The monoisotopic (exact) mass is 426 g/mol. The van der Waals surface area contributed by atoms with Crippen LogP contribution < -0.4 is 0 Å². The van der Waals surface area contributed by atoms with Crippen LogP contribution in [0.4, 0.5) is 13.2 Å². The lowest BCUT2D eigenvalue weighted by Crippen LogP contribution is -2.06. The molecule has 0 amide bonds. The summed E-state index contributed by atoms with van der Waals surface area (Å²) >= 11 is 8.07. The van der Waals surface area contributed by atoms with Crippen molar-refractivity contribution in [2.45, 2.75) is 18.7 Å². The van der Waals surface area contributed by atoms with Gasteiger partial charge in [0.25, 0.3) is 0 Å². The lowest BCUT2D eigenvalue weighted by molar-refractivity contribution is -0.137. The number of aliphatic hydroxyl groups excluding tert-OH is 1. The average Bonchev–Trinajstić information content (AvgIpc) is 2.41. The van der Waals surface area contributed by atoms with Gasteiger partial charge in [-0.1, -0.05) is 29.8 Å². The first-order valence-electron chi connectivity index (χ1n) is 6.06. The fourth-order valence-corrected chi connectivity index (χ4v) is 2.42. The second-order valence-electron chi connectivity index (χ2n) is 4.59. The highest BCUT2D eigenvalue weighted by molar-refractivity contribution is 14.1. The Kier molecular flexibility index (Phi) is 5.16. The zero-order chi connectivity index (χ0) is 15.6. The second-order valence-corrected chi connectivity index (χ2v) is 6.16. The molecule has 0 heterocycles. The lowest BCUT2D eigenvalue weighted by atomic mass is 10.0. The molecule has 2 rings (SSSR count). The predicted molar refractivity (Wildman–Crippen MR) is 84.3 cm³/mol. The first-order valence-corrected chi connectivity index (χ1v) is 7.52. The fourth-order valence-electron chi connectivity index (χ4n) is 1.89. The third-order valence-corrected chi connectivity index (χ3v) is 4.61. The number of rotatable bonds is 3. The van der Waals surface area contributed by atoms with Crippen LogP contribution in [-0.2, 0) is 12.6 Å². The Morgan fingerprint density at radius 1 is 1.10 bits per heavy atom. The van der Waals surface area contributed by atoms with Gasteiger partial charge in [0.15, 0.2) is 0 Å². The van der Waals surface area contributed by atoms with Crippen molar-refractivity contribution in [1.29, 1.82) is 0 Å². The van der Waals surface area contributed by atoms with Gasteiger partial charge in [-0.3, -0.25) is 0 Å². The molecule has 0 spiro atoms. The van der Waals surface area contributed by atoms with Crippen molar-refractivity contribution in [1.82, 2.24) is 0 Å². The summed E-state index contributed by atoms with van der Waals surface area (Å²) < 4.78 is 38.3. The third-order valence-electron chi connectivity index (χ3n) is 3.04. The summed E-state index contributed by atoms with van der Waals surface area (Å²) in [5, 5.41) is 10.7. The highest BCUT2D eigenvalue weighted by atomic mass is 127. The van der Waals surface area contributed by atoms with E-state index in [1.165, 1.54) is 12.1 Å². The van der Waals surface area contributed by atoms with E-state index in [0.29, 0.717) is 16.1 Å². The van der Waals surface area contributed by atoms with E-state index in [1.54, 1.807) is 18.2 Å². The van der Waals surface area contributed by atoms with Crippen molar-refractivity contribution in [3.8, 4) is 0 Å². The standard InChI is InChI=1S/C15H11ClF3IO/c16-12-8-10(3-6-13(12)20)14(21)7-9-1-4-11(5-2-9)15(17,18)19/h1-6,8,14,21H,7H2. The van der Waals surface area contributed by atoms with Gasteiger partial charge in [-0.25, -0.2) is 0 Å². The molecule has 0 radical (unpaired) electrons. The summed E-state index contributed by atoms with van der Waals surface area (Å²) in [5.41, 5.74) is 0.573. The summed E-state index contributed by atoms with van der Waals surface area (Å²) in [5.74, 6) is 0. The van der Waals surface area contributed by atoms with E-state index in [-0.39, 0.29) is 6.42 Å². The van der Waals surface area contributed by atoms with Crippen molar-refractivity contribution in [3.63, 3.8) is 0 Å². The van der Waals surface area contributed by atoms with Crippen LogP contribution in [-0.4, -0.2) is 5.11 Å². The molecule has 0 bridgehead atoms. The van der Waals surface area contributed by atoms with Gasteiger partial charge in [-0.15, -0.1) is 0 Å². The van der Waals surface area contributed by atoms with E-state index in [0.717, 1.165) is 15.7 Å². The molecule has 0 aliphatic heterocycles. The van der Waals surface area contributed by atoms with Gasteiger partial charge >= 0.3 is 6.18 Å². The van der Waals surface area contributed by atoms with Crippen molar-refractivity contribution in [2.75, 3.05) is 0 Å². The zero-order valence-corrected chi connectivity index (χ0v) is 13.6. The highest BCUT2D eigenvalue weighted by Gasteiger charge is 2.29. The molecule has 1 nitrogen and oxygen atoms in total. The van der Waals surface area contributed by atoms with Crippen LogP contribution in [0, 0.1) is 3.57 Å². The third kappa shape index (κ3) is 4.34. The van der Waals surface area contributed by atoms with Gasteiger partial charge in [-0.05, 0) is 58.0 Å². The topological polar surface area (TPSA) is 20.2 Å². The number of hydrogen-bond acceptors (Lipinski definition) is 1. The largest absolute Gasteiger partial charge is 0.416 e. The van der Waals surface area contributed by atoms with E-state index < -0.39 is 17.8 Å². The van der Waals surface area contributed by atoms with Gasteiger partial charge < -0.3 is 5.11 Å². The van der Waals surface area contributed by atoms with Crippen LogP contribution >= 0.6 is 34.2 Å². The van der Waals surface area contributed by atoms with E-state index in [2.05, 4.69) is 22.6 Å². The van der Waals surface area contributed by atoms with Crippen molar-refractivity contribution in [3.05, 3.63) is 67.7 Å². The van der Waals surface area contributed by atoms with Crippen LogP contribution in [0.5, 0.6) is 0 Å². The molecule has 6 heteroatoms. The summed E-state index contributed by atoms with van der Waals surface area (Å²) in [4.78, 5) is 0. The Morgan fingerprint density at radius 2 is 1.71 bits per heavy atom. The minimum absolute atomic E-state index is 0.231. The number of halogens is 5. The number of aliphatic hydroxyl groups is 1. The normalized spacial score (nSPS) is 13.2. The molecule has 0 fully saturated rings. The maximum Gasteiger partial charge on any atom is 0.416 e. The highest BCUT2D eigenvalue weighted by Crippen LogP contribution is 2.30. The minimum atomic E-state index is -4.35. The molecule has 1 N–H and O–H groups in total. The molecule has 0 saturated carbocycles. The number of alkyl halides is 3. The smallest absolute Gasteiger partial charge is 0.388 e. The SMILES string of the molecule is OC(Cc1ccc(C(F)(F)F)cc1)c1ccc(I)c(Cl)c1. The Bertz CT molecular complexity index is 626. The summed E-state index contributed by atoms with van der Waals surface area (Å²) in [6.45, 7) is 0. The fraction of sp³-hybridized carbons (Fsp3) is 0.200. The summed E-state index contributed by atoms with van der Waals surface area (Å²) in [7, 11) is 0. The molecule has 0 saturated heterocycles. The van der Waals surface area contributed by atoms with E-state index in [4.69, 9.17) is 11.6 Å². The quantitative estimate of drug-likeness (QED) is 0.666. The van der Waals surface area contributed by atoms with Crippen molar-refractivity contribution < 1.29 is 18.3 Å². The number of hydrogen-bond donors (Lipinski definition) is 1. The van der Waals surface area contributed by atoms with E-state index in [1.807, 2.05) is 0 Å². The summed E-state index contributed by atoms with van der Waals surface area (Å²) in [6, 6.07) is 9.99. The Morgan fingerprint density at radius 3 is 2.24 bits per heavy atom. The molecule has 0 aromatic heterocycles. The molecule has 0 aliphatic rings. The van der Waals surface area contributed by atoms with Crippen molar-refractivity contribution in [2.24, 2.45) is 0 Å². The van der Waals surface area contributed by atoms with Crippen LogP contribution in [0.25, 0.3) is 0 Å². The minimum Gasteiger partial charge on any atom is -0.388 e. The molecule has 1 atom stereocenters. The Hall–Kier alpha value is -0.790. The predicted octanol–water partition coefficient (Wildman–Crippen LogP) is 5.24. The molecular weight excluding hydrogens is 416 g/mol. The number of benzene rings is 2. The van der Waals surface area contributed by atoms with Crippen LogP contribution in [0.2, 0.25) is 5.02 Å². The van der Waals surface area contributed by atoms with Gasteiger partial charge in [-0.2, -0.15) is 13.2 Å². The lowest BCUT2D eigenvalue weighted by Gasteiger charge is -2.13. The first kappa shape index (κ1) is 16.6. The maximum absolute atomic E-state index is 12.5. The molecule has 112 valence electrons. The molecule has 1 unspecified atom stereocenters. The molecular formula is C15H11ClF3IO. The Balaban J connectivity index is 2.12. The van der Waals surface area contributed by atoms with Crippen LogP contribution in [0.3, 0.4) is 0 Å². The molecule has 21 heavy (non-hydrogen) atoms. The van der Waals surface area contributed by atoms with Gasteiger partial charge in [0, 0.05) is 9.99 Å². The zero-order valence-electron chi connectivity index (χ0n) is 10.7. The second kappa shape index (κ2) is 6.54. The maximum atomic E-state index is 12.5. The van der Waals surface area contributed by atoms with Crippen LogP contribution in [0.1, 0.15) is 22.8 Å². The van der Waals surface area contributed by atoms with Crippen LogP contribution in [0.15, 0.2) is 42.5 Å². The van der Waals surface area contributed by atoms with Crippen molar-refractivity contribution >= 4 is 34.2 Å². The molecule has 0 aliphatic carbocycles. The van der Waals surface area contributed by atoms with Gasteiger partial charge in [0.05, 0.1) is 16.7 Å². The van der Waals surface area contributed by atoms with E-state index >= 15 is 0 Å². The van der Waals surface area contributed by atoms with Gasteiger partial charge in [0.1, 0.15) is 0 Å².